The van der Waals surface area contributed by atoms with Gasteiger partial charge < -0.3 is 9.84 Å². The van der Waals surface area contributed by atoms with E-state index >= 15 is 0 Å². The fraction of sp³-hybridized carbons (Fsp3) is 0.500. The summed E-state index contributed by atoms with van der Waals surface area (Å²) in [6.07, 6.45) is -0.178. The summed E-state index contributed by atoms with van der Waals surface area (Å²) in [4.78, 5) is 11.3. The van der Waals surface area contributed by atoms with E-state index in [9.17, 15) is 9.90 Å². The lowest BCUT2D eigenvalue weighted by atomic mass is 9.95. The lowest BCUT2D eigenvalue weighted by Gasteiger charge is -2.18. The van der Waals surface area contributed by atoms with E-state index in [1.54, 1.807) is 0 Å². The summed E-state index contributed by atoms with van der Waals surface area (Å²) in [6.45, 7) is 1.86. The lowest BCUT2D eigenvalue weighted by molar-refractivity contribution is -0.149. The van der Waals surface area contributed by atoms with E-state index in [-0.39, 0.29) is 5.97 Å². The van der Waals surface area contributed by atoms with E-state index in [2.05, 4.69) is 4.74 Å². The van der Waals surface area contributed by atoms with E-state index in [1.165, 1.54) is 18.4 Å². The Morgan fingerprint density at radius 2 is 2.43 bits per heavy atom. The molecule has 1 heterocycles. The van der Waals surface area contributed by atoms with Crippen LogP contribution in [0.1, 0.15) is 25.0 Å². The molecule has 78 valence electrons. The van der Waals surface area contributed by atoms with Gasteiger partial charge in [-0.15, -0.1) is 0 Å². The molecule has 0 amide bonds. The third-order valence-electron chi connectivity index (χ3n) is 2.21. The molecule has 0 bridgehead atoms. The number of rotatable bonds is 4. The first-order valence-electron chi connectivity index (χ1n) is 4.48. The predicted octanol–water partition coefficient (Wildman–Crippen LogP) is 1.98. The molecule has 0 aromatic carbocycles. The summed E-state index contributed by atoms with van der Waals surface area (Å²) in [6, 6.07) is 1.82. The summed E-state index contributed by atoms with van der Waals surface area (Å²) in [5.41, 5.74) is 0.784. The minimum atomic E-state index is -0.751. The first-order valence-corrected chi connectivity index (χ1v) is 5.43. The topological polar surface area (TPSA) is 46.5 Å². The van der Waals surface area contributed by atoms with Crippen molar-refractivity contribution in [2.24, 2.45) is 5.92 Å². The Labute approximate surface area is 87.3 Å². The average Bonchev–Trinajstić information content (AvgIpc) is 2.71. The van der Waals surface area contributed by atoms with Crippen LogP contribution in [0.5, 0.6) is 0 Å². The molecule has 1 aromatic heterocycles. The molecular formula is C10H14O3S. The number of carbonyl (C=O) groups is 1. The van der Waals surface area contributed by atoms with Gasteiger partial charge in [0.2, 0.25) is 0 Å². The number of esters is 1. The quantitative estimate of drug-likeness (QED) is 0.779. The molecule has 0 radical (unpaired) electrons. The van der Waals surface area contributed by atoms with Gasteiger partial charge in [-0.1, -0.05) is 6.92 Å². The molecule has 14 heavy (non-hydrogen) atoms. The van der Waals surface area contributed by atoms with Crippen LogP contribution in [-0.4, -0.2) is 18.2 Å². The van der Waals surface area contributed by atoms with Crippen LogP contribution in [0.3, 0.4) is 0 Å². The number of aliphatic hydroxyl groups excluding tert-OH is 1. The number of carbonyl (C=O) groups excluding carboxylic acids is 1. The molecule has 2 unspecified atom stereocenters. The van der Waals surface area contributed by atoms with Gasteiger partial charge in [-0.25, -0.2) is 0 Å². The number of aliphatic hydroxyl groups is 1. The molecule has 0 aliphatic heterocycles. The lowest BCUT2D eigenvalue weighted by Crippen LogP contribution is -2.22. The second-order valence-corrected chi connectivity index (χ2v) is 3.82. The van der Waals surface area contributed by atoms with Gasteiger partial charge in [-0.2, -0.15) is 11.3 Å². The van der Waals surface area contributed by atoms with Gasteiger partial charge in [0.25, 0.3) is 0 Å². The van der Waals surface area contributed by atoms with Crippen LogP contribution in [-0.2, 0) is 9.53 Å². The minimum absolute atomic E-state index is 0.355. The first kappa shape index (κ1) is 11.2. The Hall–Kier alpha value is -0.870. The third kappa shape index (κ3) is 2.33. The highest BCUT2D eigenvalue weighted by molar-refractivity contribution is 7.07. The van der Waals surface area contributed by atoms with Crippen molar-refractivity contribution < 1.29 is 14.6 Å². The highest BCUT2D eigenvalue weighted by Crippen LogP contribution is 2.26. The molecule has 2 atom stereocenters. The maximum absolute atomic E-state index is 11.3. The van der Waals surface area contributed by atoms with Crippen molar-refractivity contribution in [1.29, 1.82) is 0 Å². The van der Waals surface area contributed by atoms with Crippen LogP contribution in [0.25, 0.3) is 0 Å². The molecule has 4 heteroatoms. The zero-order chi connectivity index (χ0) is 10.6. The average molecular weight is 214 g/mol. The van der Waals surface area contributed by atoms with E-state index in [0.29, 0.717) is 6.42 Å². The van der Waals surface area contributed by atoms with Gasteiger partial charge in [-0.3, -0.25) is 4.79 Å². The van der Waals surface area contributed by atoms with Crippen LogP contribution >= 0.6 is 11.3 Å². The van der Waals surface area contributed by atoms with Crippen LogP contribution in [0.4, 0.5) is 0 Å². The number of thiophene rings is 1. The fourth-order valence-electron chi connectivity index (χ4n) is 1.35. The van der Waals surface area contributed by atoms with Crippen molar-refractivity contribution in [3.63, 3.8) is 0 Å². The molecule has 0 saturated heterocycles. The van der Waals surface area contributed by atoms with Crippen molar-refractivity contribution in [3.05, 3.63) is 22.4 Å². The molecule has 0 spiro atoms. The Kier molecular flexibility index (Phi) is 4.10. The SMILES string of the molecule is CCC(C(=O)OC)C(O)c1ccsc1. The summed E-state index contributed by atoms with van der Waals surface area (Å²) in [7, 11) is 1.34. The summed E-state index contributed by atoms with van der Waals surface area (Å²) < 4.78 is 4.63. The van der Waals surface area contributed by atoms with Gasteiger partial charge in [0.1, 0.15) is 0 Å². The second kappa shape index (κ2) is 5.12. The van der Waals surface area contributed by atoms with Gasteiger partial charge in [0.15, 0.2) is 0 Å². The van der Waals surface area contributed by atoms with Crippen molar-refractivity contribution >= 4 is 17.3 Å². The predicted molar refractivity (Wildman–Crippen MR) is 55.1 cm³/mol. The molecule has 0 fully saturated rings. The number of hydrogen-bond acceptors (Lipinski definition) is 4. The number of ether oxygens (including phenoxy) is 1. The van der Waals surface area contributed by atoms with Crippen molar-refractivity contribution in [1.82, 2.24) is 0 Å². The number of hydrogen-bond donors (Lipinski definition) is 1. The molecule has 1 rings (SSSR count). The van der Waals surface area contributed by atoms with Crippen LogP contribution in [0.2, 0.25) is 0 Å². The van der Waals surface area contributed by atoms with Gasteiger partial charge in [0, 0.05) is 0 Å². The third-order valence-corrected chi connectivity index (χ3v) is 2.91. The Morgan fingerprint density at radius 1 is 1.71 bits per heavy atom. The van der Waals surface area contributed by atoms with Crippen LogP contribution < -0.4 is 0 Å². The van der Waals surface area contributed by atoms with Crippen LogP contribution in [0.15, 0.2) is 16.8 Å². The van der Waals surface area contributed by atoms with E-state index in [4.69, 9.17) is 0 Å². The smallest absolute Gasteiger partial charge is 0.311 e. The van der Waals surface area contributed by atoms with E-state index < -0.39 is 12.0 Å². The zero-order valence-corrected chi connectivity index (χ0v) is 9.08. The van der Waals surface area contributed by atoms with Crippen LogP contribution in [0, 0.1) is 5.92 Å². The monoisotopic (exact) mass is 214 g/mol. The molecule has 0 saturated carbocycles. The summed E-state index contributed by atoms with van der Waals surface area (Å²) >= 11 is 1.50. The molecule has 1 aromatic rings. The van der Waals surface area contributed by atoms with Crippen molar-refractivity contribution in [2.45, 2.75) is 19.4 Å². The summed E-state index contributed by atoms with van der Waals surface area (Å²) in [5, 5.41) is 13.6. The van der Waals surface area contributed by atoms with Crippen molar-refractivity contribution in [2.75, 3.05) is 7.11 Å². The van der Waals surface area contributed by atoms with E-state index in [0.717, 1.165) is 5.56 Å². The Bertz CT molecular complexity index is 282. The number of methoxy groups -OCH3 is 1. The first-order chi connectivity index (χ1) is 6.70. The molecule has 0 aliphatic carbocycles. The second-order valence-electron chi connectivity index (χ2n) is 3.04. The standard InChI is InChI=1S/C10H14O3S/c1-3-8(10(12)13-2)9(11)7-4-5-14-6-7/h4-6,8-9,11H,3H2,1-2H3. The highest BCUT2D eigenvalue weighted by atomic mass is 32.1. The zero-order valence-electron chi connectivity index (χ0n) is 8.27. The molecule has 3 nitrogen and oxygen atoms in total. The largest absolute Gasteiger partial charge is 0.469 e. The van der Waals surface area contributed by atoms with E-state index in [1.807, 2.05) is 23.8 Å². The molecular weight excluding hydrogens is 200 g/mol. The van der Waals surface area contributed by atoms with Gasteiger partial charge in [0.05, 0.1) is 19.1 Å². The molecule has 1 N–H and O–H groups in total. The van der Waals surface area contributed by atoms with Gasteiger partial charge >= 0.3 is 5.97 Å². The maximum atomic E-state index is 11.3. The Balaban J connectivity index is 2.75. The molecule has 0 aliphatic rings. The minimum Gasteiger partial charge on any atom is -0.469 e. The fourth-order valence-corrected chi connectivity index (χ4v) is 2.04. The normalized spacial score (nSPS) is 14.8. The van der Waals surface area contributed by atoms with Crippen molar-refractivity contribution in [3.8, 4) is 0 Å². The highest BCUT2D eigenvalue weighted by Gasteiger charge is 2.27. The maximum Gasteiger partial charge on any atom is 0.311 e. The van der Waals surface area contributed by atoms with Gasteiger partial charge in [-0.05, 0) is 28.8 Å². The summed E-state index contributed by atoms with van der Waals surface area (Å²) in [5.74, 6) is -0.819. The Morgan fingerprint density at radius 3 is 2.86 bits per heavy atom.